The van der Waals surface area contributed by atoms with Gasteiger partial charge in [-0.2, -0.15) is 4.79 Å². The molecule has 0 saturated carbocycles. The number of carbonyl (C=O) groups is 6. The third-order valence-electron chi connectivity index (χ3n) is 16.8. The van der Waals surface area contributed by atoms with Gasteiger partial charge in [-0.3, -0.25) is 39.1 Å². The van der Waals surface area contributed by atoms with Gasteiger partial charge in [-0.1, -0.05) is 56.1 Å². The first-order chi connectivity index (χ1) is 48.2. The minimum absolute atomic E-state index is 0. The maximum Gasteiger partial charge on any atom is 0.446 e. The van der Waals surface area contributed by atoms with Crippen molar-refractivity contribution < 1.29 is 91.3 Å². The number of Topliss-reactive ketones (excluding diaryl/α,β-unsaturated/α-hetero) is 1. The zero-order valence-corrected chi connectivity index (χ0v) is 62.3. The zero-order valence-electron chi connectivity index (χ0n) is 58.3. The van der Waals surface area contributed by atoms with Crippen LogP contribution in [0, 0.1) is 32.1 Å². The SMILES string of the molecule is C.C.C.C#Cc1ccc(N2C[C@@H](C)O[C@@H](C(=O)NC3CCN(C)CC3)C2)c2cccnc12.C#Cc1ccc(N2C[C@@H](C)O[C@@H](C(=O)OC)C2)c2cccnc12.COC(=O)[C@H]1CN(c2ccc(C=O)c3ncccc23)C[C@@H](C)O1.COP(=O)(OC)C(=[N+]=[N-])C(C)=O.O=Cc1ccc(Br)c2cccnc12.[CH3-].[Pd]. The van der Waals surface area contributed by atoms with Crippen LogP contribution in [-0.2, 0) is 76.9 Å². The normalized spacial score (nSPS) is 18.3. The van der Waals surface area contributed by atoms with Gasteiger partial charge in [0.15, 0.2) is 30.9 Å². The summed E-state index contributed by atoms with van der Waals surface area (Å²) < 4.78 is 48.1. The van der Waals surface area contributed by atoms with E-state index in [0.717, 1.165) is 137 Å². The number of aldehydes is 2. The molecule has 8 heterocycles. The number of pyridine rings is 4. The summed E-state index contributed by atoms with van der Waals surface area (Å²) in [6.45, 7) is 12.4. The summed E-state index contributed by atoms with van der Waals surface area (Å²) in [6, 6.07) is 30.7. The van der Waals surface area contributed by atoms with Crippen LogP contribution >= 0.6 is 23.5 Å². The van der Waals surface area contributed by atoms with Crippen LogP contribution in [-0.4, -0.2) is 202 Å². The van der Waals surface area contributed by atoms with Gasteiger partial charge in [0.25, 0.3) is 5.91 Å². The van der Waals surface area contributed by atoms with Crippen molar-refractivity contribution in [1.29, 1.82) is 0 Å². The molecule has 4 saturated heterocycles. The van der Waals surface area contributed by atoms with E-state index in [1.165, 1.54) is 14.2 Å². The van der Waals surface area contributed by atoms with Crippen molar-refractivity contribution in [2.75, 3.05) is 103 Å². The van der Waals surface area contributed by atoms with E-state index < -0.39 is 37.1 Å². The van der Waals surface area contributed by atoms with Gasteiger partial charge >= 0.3 is 25.0 Å². The number of hydrogen-bond donors (Lipinski definition) is 1. The van der Waals surface area contributed by atoms with Crippen molar-refractivity contribution in [3.63, 3.8) is 0 Å². The quantitative estimate of drug-likeness (QED) is 0.0129. The van der Waals surface area contributed by atoms with Gasteiger partial charge in [0.1, 0.15) is 0 Å². The molecule has 4 aromatic carbocycles. The molecule has 0 spiro atoms. The monoisotopic (exact) mass is 1610 g/mol. The third-order valence-corrected chi connectivity index (χ3v) is 19.4. The number of nitrogens with one attached hydrogen (secondary N) is 1. The molecule has 4 aliphatic heterocycles. The topological polar surface area (TPSA) is 297 Å². The molecule has 0 radical (unpaired) electrons. The standard InChI is InChI=1S/C23H28N4O2.C18H18N2O3.C17H18N2O4.C10H6BrNO.C5H9N2O4P.3CH4.CH3.Pd/c1-4-17-7-8-20(19-6-5-11-24-22(17)19)27-14-16(2)29-21(15-27)23(28)25-18-9-12-26(3)13-10-18;1-4-13-7-8-15(14-6-5-9-19-17(13)14)20-10-12(2)23-16(11-20)18(21)22-3;1-11-8-19(9-15(23-11)17(21)22-2)14-6-5-12(10-20)16-13(14)4-3-7-18-16;11-9-4-3-7(6-13)10-8(9)2-1-5-12-10;1-4(8)5(7-6)12(9,10-2)11-3;;;;;/h1,5-8,11,16,18,21H,9-10,12-15H2,2-3H3,(H,25,28);1,5-9,12,16H,10-11H2,2-3H3;3-7,10-11,15H,8-9H2,1-2H3;1-6H;1-3H3;3*1H4;1H3;/q;;;;;;;;-1;/t16-,21-;12-,16-;11-,15-;;;;;;;/m111......./s1. The Bertz CT molecular complexity index is 4480. The maximum absolute atomic E-state index is 12.9. The average molecular weight is 1610 g/mol. The van der Waals surface area contributed by atoms with Crippen LogP contribution in [0.4, 0.5) is 17.1 Å². The largest absolute Gasteiger partial charge is 0.467 e. The number of amides is 1. The minimum atomic E-state index is -3.70. The molecule has 1 N–H and O–H groups in total. The summed E-state index contributed by atoms with van der Waals surface area (Å²) in [5, 5.41) is 7.03. The molecule has 564 valence electrons. The fourth-order valence-corrected chi connectivity index (χ4v) is 13.5. The maximum atomic E-state index is 12.9. The number of halogens is 1. The van der Waals surface area contributed by atoms with E-state index in [1.807, 2.05) is 106 Å². The van der Waals surface area contributed by atoms with Crippen molar-refractivity contribution in [3.05, 3.63) is 162 Å². The Morgan fingerprint density at radius 2 is 0.952 bits per heavy atom. The second kappa shape index (κ2) is 42.8. The predicted octanol–water partition coefficient (Wildman–Crippen LogP) is 11.7. The van der Waals surface area contributed by atoms with Crippen LogP contribution in [0.3, 0.4) is 0 Å². The van der Waals surface area contributed by atoms with Crippen LogP contribution in [0.25, 0.3) is 49.1 Å². The molecule has 1 amide bonds. The van der Waals surface area contributed by atoms with Crippen LogP contribution in [0.1, 0.15) is 94.7 Å². The van der Waals surface area contributed by atoms with Crippen molar-refractivity contribution in [1.82, 2.24) is 30.2 Å². The summed E-state index contributed by atoms with van der Waals surface area (Å²) in [5.41, 5.74) is 16.4. The Morgan fingerprint density at radius 3 is 1.32 bits per heavy atom. The second-order valence-corrected chi connectivity index (χ2v) is 26.7. The first-order valence-corrected chi connectivity index (χ1v) is 34.3. The fourth-order valence-electron chi connectivity index (χ4n) is 12.0. The molecule has 6 atom stereocenters. The summed E-state index contributed by atoms with van der Waals surface area (Å²) >= 11 is 3.40. The predicted molar refractivity (Wildman–Crippen MR) is 411 cm³/mol. The van der Waals surface area contributed by atoms with E-state index in [0.29, 0.717) is 49.4 Å². The molecule has 0 aliphatic carbocycles. The van der Waals surface area contributed by atoms with Gasteiger partial charge in [-0.05, 0) is 145 Å². The molecule has 0 unspecified atom stereocenters. The Kier molecular flexibility index (Phi) is 36.8. The van der Waals surface area contributed by atoms with Crippen LogP contribution in [0.5, 0.6) is 0 Å². The average Bonchev–Trinajstić information content (AvgIpc) is 0.811. The molecular weight excluding hydrogens is 1520 g/mol. The number of likely N-dealkylation sites (tertiary alicyclic amines) is 1. The van der Waals surface area contributed by atoms with E-state index in [2.05, 4.69) is 93.5 Å². The van der Waals surface area contributed by atoms with E-state index in [4.69, 9.17) is 42.1 Å². The molecule has 25 nitrogen and oxygen atoms in total. The molecule has 4 fully saturated rings. The number of rotatable bonds is 13. The van der Waals surface area contributed by atoms with E-state index in [9.17, 15) is 33.3 Å². The molecule has 4 aromatic heterocycles. The zero-order chi connectivity index (χ0) is 72.2. The summed E-state index contributed by atoms with van der Waals surface area (Å²) in [5.74, 6) is 3.96. The number of morpholine rings is 3. The number of terminal acetylenes is 2. The van der Waals surface area contributed by atoms with Crippen molar-refractivity contribution in [3.8, 4) is 24.7 Å². The Morgan fingerprint density at radius 1 is 0.590 bits per heavy atom. The fraction of sp³-hybridized carbons (Fsp3) is 0.377. The molecule has 12 rings (SSSR count). The van der Waals surface area contributed by atoms with Gasteiger partial charge in [0.2, 0.25) is 5.78 Å². The first kappa shape index (κ1) is 90.2. The number of methoxy groups -OCH3 is 2. The number of ketones is 1. The van der Waals surface area contributed by atoms with Crippen LogP contribution in [0.2, 0.25) is 0 Å². The van der Waals surface area contributed by atoms with Crippen LogP contribution < -0.4 is 20.0 Å². The number of aromatic nitrogens is 4. The number of anilines is 3. The smallest absolute Gasteiger partial charge is 0.446 e. The first-order valence-electron chi connectivity index (χ1n) is 32.0. The Balaban J connectivity index is 0.000000348. The Hall–Kier alpha value is -9.03. The van der Waals surface area contributed by atoms with Gasteiger partial charge in [-0.25, -0.2) is 14.2 Å². The van der Waals surface area contributed by atoms with Crippen LogP contribution in [0.15, 0.2) is 126 Å². The summed E-state index contributed by atoms with van der Waals surface area (Å²) in [7, 11) is 3.34. The number of esters is 2. The van der Waals surface area contributed by atoms with Gasteiger partial charge < -0.3 is 70.6 Å². The number of carbonyl (C=O) groups excluding carboxylic acids is 6. The van der Waals surface area contributed by atoms with E-state index >= 15 is 0 Å². The molecule has 4 aliphatic rings. The van der Waals surface area contributed by atoms with E-state index in [-0.39, 0.29) is 92.3 Å². The molecule has 28 heteroatoms. The number of benzene rings is 4. The number of fused-ring (bicyclic) bond motifs is 4. The van der Waals surface area contributed by atoms with Crippen molar-refractivity contribution in [2.24, 2.45) is 0 Å². The third kappa shape index (κ3) is 22.5. The molecule has 0 bridgehead atoms. The second-order valence-electron chi connectivity index (χ2n) is 23.7. The van der Waals surface area contributed by atoms with Gasteiger partial charge in [0.05, 0.1) is 85.4 Å². The molecule has 105 heavy (non-hydrogen) atoms. The Labute approximate surface area is 637 Å². The number of hydrogen-bond acceptors (Lipinski definition) is 22. The van der Waals surface area contributed by atoms with Gasteiger partial charge in [0, 0.05) is 146 Å². The molecule has 8 aromatic rings. The number of ether oxygens (including phenoxy) is 5. The van der Waals surface area contributed by atoms with Gasteiger partial charge in [-0.15, -0.1) is 12.8 Å². The number of nitrogens with zero attached hydrogens (tertiary/aromatic N) is 10. The van der Waals surface area contributed by atoms with Crippen molar-refractivity contribution >= 4 is 126 Å². The van der Waals surface area contributed by atoms with Crippen molar-refractivity contribution in [2.45, 2.75) is 105 Å². The molecular formula is C77H94BrN11O14PPd-. The number of piperidine rings is 1. The van der Waals surface area contributed by atoms with E-state index in [1.54, 1.807) is 36.9 Å². The minimum Gasteiger partial charge on any atom is -0.467 e. The summed E-state index contributed by atoms with van der Waals surface area (Å²) in [6.07, 6.45) is 19.7. The summed E-state index contributed by atoms with van der Waals surface area (Å²) in [4.78, 5) is 97.8.